The maximum absolute atomic E-state index is 13.9. The van der Waals surface area contributed by atoms with E-state index < -0.39 is 22.0 Å². The number of fused-ring (bicyclic) bond motifs is 1. The molecule has 1 fully saturated rings. The van der Waals surface area contributed by atoms with Gasteiger partial charge in [0.1, 0.15) is 16.4 Å². The lowest BCUT2D eigenvalue weighted by Crippen LogP contribution is -2.53. The zero-order valence-corrected chi connectivity index (χ0v) is 23.5. The van der Waals surface area contributed by atoms with Gasteiger partial charge in [-0.05, 0) is 48.7 Å². The average molecular weight is 584 g/mol. The SMILES string of the molecule is COc1ccc(Cl)cc1S(=O)(=O)N1CCC[C@@H](C(=O)N2C[C@@H](C(=O)NCc3ccccc3)Oc3ccccc32)C1. The van der Waals surface area contributed by atoms with Crippen molar-refractivity contribution >= 4 is 39.1 Å². The molecule has 0 spiro atoms. The molecule has 3 aromatic carbocycles. The van der Waals surface area contributed by atoms with Crippen molar-refractivity contribution in [3.05, 3.63) is 83.4 Å². The van der Waals surface area contributed by atoms with Gasteiger partial charge in [-0.1, -0.05) is 54.1 Å². The molecule has 2 atom stereocenters. The van der Waals surface area contributed by atoms with Crippen molar-refractivity contribution in [1.82, 2.24) is 9.62 Å². The summed E-state index contributed by atoms with van der Waals surface area (Å²) in [5.41, 5.74) is 1.50. The fourth-order valence-corrected chi connectivity index (χ4v) is 6.99. The minimum Gasteiger partial charge on any atom is -0.495 e. The van der Waals surface area contributed by atoms with Crippen LogP contribution in [-0.2, 0) is 26.2 Å². The van der Waals surface area contributed by atoms with Gasteiger partial charge in [-0.2, -0.15) is 4.31 Å². The molecule has 0 unspecified atom stereocenters. The zero-order chi connectivity index (χ0) is 28.3. The monoisotopic (exact) mass is 583 g/mol. The molecule has 5 rings (SSSR count). The maximum Gasteiger partial charge on any atom is 0.263 e. The number of rotatable bonds is 7. The normalized spacial score (nSPS) is 19.3. The number of halogens is 1. The fraction of sp³-hybridized carbons (Fsp3) is 0.310. The minimum atomic E-state index is -3.98. The first kappa shape index (κ1) is 27.9. The van der Waals surface area contributed by atoms with Crippen LogP contribution < -0.4 is 19.7 Å². The van der Waals surface area contributed by atoms with Crippen LogP contribution in [0, 0.1) is 5.92 Å². The van der Waals surface area contributed by atoms with E-state index in [9.17, 15) is 18.0 Å². The number of sulfonamides is 1. The molecule has 2 heterocycles. The highest BCUT2D eigenvalue weighted by Gasteiger charge is 2.40. The van der Waals surface area contributed by atoms with Crippen molar-refractivity contribution in [2.45, 2.75) is 30.4 Å². The van der Waals surface area contributed by atoms with Crippen LogP contribution in [0.3, 0.4) is 0 Å². The van der Waals surface area contributed by atoms with Gasteiger partial charge in [-0.25, -0.2) is 8.42 Å². The second-order valence-electron chi connectivity index (χ2n) is 9.72. The third-order valence-corrected chi connectivity index (χ3v) is 9.24. The molecule has 0 bridgehead atoms. The Hall–Kier alpha value is -3.60. The van der Waals surface area contributed by atoms with Gasteiger partial charge >= 0.3 is 0 Å². The fourth-order valence-electron chi connectivity index (χ4n) is 5.05. The summed E-state index contributed by atoms with van der Waals surface area (Å²) >= 11 is 6.10. The number of piperidine rings is 1. The van der Waals surface area contributed by atoms with Gasteiger partial charge in [0.25, 0.3) is 5.91 Å². The van der Waals surface area contributed by atoms with E-state index in [0.29, 0.717) is 30.8 Å². The Morgan fingerprint density at radius 1 is 1.05 bits per heavy atom. The highest BCUT2D eigenvalue weighted by molar-refractivity contribution is 7.89. The van der Waals surface area contributed by atoms with Crippen molar-refractivity contribution in [2.24, 2.45) is 5.92 Å². The highest BCUT2D eigenvalue weighted by Crippen LogP contribution is 2.36. The largest absolute Gasteiger partial charge is 0.495 e. The molecule has 0 aliphatic carbocycles. The first-order valence-electron chi connectivity index (χ1n) is 13.0. The first-order chi connectivity index (χ1) is 19.3. The Morgan fingerprint density at radius 2 is 1.80 bits per heavy atom. The zero-order valence-electron chi connectivity index (χ0n) is 22.0. The van der Waals surface area contributed by atoms with Gasteiger partial charge in [0.2, 0.25) is 15.9 Å². The van der Waals surface area contributed by atoms with E-state index >= 15 is 0 Å². The second-order valence-corrected chi connectivity index (χ2v) is 12.1. The smallest absolute Gasteiger partial charge is 0.263 e. The number of hydrogen-bond donors (Lipinski definition) is 1. The van der Waals surface area contributed by atoms with Gasteiger partial charge in [-0.15, -0.1) is 0 Å². The van der Waals surface area contributed by atoms with Gasteiger partial charge in [-0.3, -0.25) is 9.59 Å². The molecule has 3 aromatic rings. The lowest BCUT2D eigenvalue weighted by molar-refractivity contribution is -0.129. The molecule has 9 nitrogen and oxygen atoms in total. The van der Waals surface area contributed by atoms with E-state index in [4.69, 9.17) is 21.1 Å². The predicted octanol–water partition coefficient (Wildman–Crippen LogP) is 3.86. The summed E-state index contributed by atoms with van der Waals surface area (Å²) in [6, 6.07) is 21.0. The summed E-state index contributed by atoms with van der Waals surface area (Å²) in [6.07, 6.45) is 0.106. The predicted molar refractivity (Wildman–Crippen MR) is 151 cm³/mol. The van der Waals surface area contributed by atoms with Gasteiger partial charge in [0.05, 0.1) is 25.3 Å². The molecule has 1 N–H and O–H groups in total. The van der Waals surface area contributed by atoms with Crippen molar-refractivity contribution in [1.29, 1.82) is 0 Å². The summed E-state index contributed by atoms with van der Waals surface area (Å²) in [6.45, 7) is 0.618. The summed E-state index contributed by atoms with van der Waals surface area (Å²) in [5, 5.41) is 3.16. The van der Waals surface area contributed by atoms with Crippen molar-refractivity contribution in [3.8, 4) is 11.5 Å². The minimum absolute atomic E-state index is 0.00122. The van der Waals surface area contributed by atoms with Crippen molar-refractivity contribution < 1.29 is 27.5 Å². The number of benzene rings is 3. The van der Waals surface area contributed by atoms with Gasteiger partial charge in [0, 0.05) is 24.7 Å². The van der Waals surface area contributed by atoms with Crippen LogP contribution in [0.25, 0.3) is 0 Å². The molecule has 40 heavy (non-hydrogen) atoms. The number of carbonyl (C=O) groups is 2. The molecule has 0 radical (unpaired) electrons. The number of nitrogens with one attached hydrogen (secondary N) is 1. The van der Waals surface area contributed by atoms with Crippen molar-refractivity contribution in [3.63, 3.8) is 0 Å². The van der Waals surface area contributed by atoms with E-state index in [1.807, 2.05) is 30.3 Å². The molecule has 1 saturated heterocycles. The number of para-hydroxylation sites is 2. The molecular weight excluding hydrogens is 554 g/mol. The van der Waals surface area contributed by atoms with Crippen LogP contribution in [-0.4, -0.2) is 57.4 Å². The molecule has 2 aliphatic heterocycles. The van der Waals surface area contributed by atoms with Crippen LogP contribution in [0.5, 0.6) is 11.5 Å². The lowest BCUT2D eigenvalue weighted by atomic mass is 9.97. The summed E-state index contributed by atoms with van der Waals surface area (Å²) in [5.74, 6) is -0.588. The Labute approximate surface area is 238 Å². The molecule has 2 aliphatic rings. The second kappa shape index (κ2) is 11.9. The number of nitrogens with zero attached hydrogens (tertiary/aromatic N) is 2. The molecular formula is C29H30ClN3O6S. The van der Waals surface area contributed by atoms with E-state index in [0.717, 1.165) is 5.56 Å². The third kappa shape index (κ3) is 5.79. The van der Waals surface area contributed by atoms with Crippen LogP contribution in [0.15, 0.2) is 77.7 Å². The maximum atomic E-state index is 13.9. The quantitative estimate of drug-likeness (QED) is 0.453. The Kier molecular flexibility index (Phi) is 8.30. The van der Waals surface area contributed by atoms with Crippen molar-refractivity contribution in [2.75, 3.05) is 31.6 Å². The number of hydrogen-bond acceptors (Lipinski definition) is 6. The standard InChI is InChI=1S/C29H30ClN3O6S/c1-38-25-14-13-22(30)16-27(25)40(36,37)32-15-7-10-21(18-32)29(35)33-19-26(39-24-12-6-5-11-23(24)33)28(34)31-17-20-8-3-2-4-9-20/h2-6,8-9,11-14,16,21,26H,7,10,15,17-19H2,1H3,(H,31,34)/t21-,26+/m1/s1. The van der Waals surface area contributed by atoms with E-state index in [1.165, 1.54) is 23.5 Å². The highest BCUT2D eigenvalue weighted by atomic mass is 35.5. The average Bonchev–Trinajstić information content (AvgIpc) is 2.99. The summed E-state index contributed by atoms with van der Waals surface area (Å²) < 4.78 is 39.7. The number of amides is 2. The number of anilines is 1. The number of carbonyl (C=O) groups excluding carboxylic acids is 2. The van der Waals surface area contributed by atoms with E-state index in [-0.39, 0.29) is 47.1 Å². The summed E-state index contributed by atoms with van der Waals surface area (Å²) in [4.78, 5) is 28.5. The Bertz CT molecular complexity index is 1500. The summed E-state index contributed by atoms with van der Waals surface area (Å²) in [7, 11) is -2.58. The van der Waals surface area contributed by atoms with E-state index in [2.05, 4.69) is 5.32 Å². The molecule has 0 aromatic heterocycles. The Balaban J connectivity index is 1.35. The lowest BCUT2D eigenvalue weighted by Gasteiger charge is -2.38. The van der Waals surface area contributed by atoms with Gasteiger partial charge < -0.3 is 19.7 Å². The van der Waals surface area contributed by atoms with Crippen LogP contribution >= 0.6 is 11.6 Å². The topological polar surface area (TPSA) is 105 Å². The Morgan fingerprint density at radius 3 is 2.58 bits per heavy atom. The molecule has 11 heteroatoms. The molecule has 0 saturated carbocycles. The third-order valence-electron chi connectivity index (χ3n) is 7.12. The number of methoxy groups -OCH3 is 1. The van der Waals surface area contributed by atoms with Crippen LogP contribution in [0.2, 0.25) is 5.02 Å². The molecule has 2 amide bonds. The molecule has 210 valence electrons. The van der Waals surface area contributed by atoms with E-state index in [1.54, 1.807) is 35.2 Å². The van der Waals surface area contributed by atoms with Crippen LogP contribution in [0.4, 0.5) is 5.69 Å². The first-order valence-corrected chi connectivity index (χ1v) is 14.8. The van der Waals surface area contributed by atoms with Crippen LogP contribution in [0.1, 0.15) is 18.4 Å². The van der Waals surface area contributed by atoms with Gasteiger partial charge in [0.15, 0.2) is 6.10 Å². The number of ether oxygens (including phenoxy) is 2.